The smallest absolute Gasteiger partial charge is 0.306 e. The molecule has 0 radical (unpaired) electrons. The Hall–Kier alpha value is -3.42. The molecule has 0 saturated carbocycles. The van der Waals surface area contributed by atoms with Crippen LogP contribution >= 0.6 is 0 Å². The largest absolute Gasteiger partial charge is 0.496 e. The monoisotopic (exact) mass is 402 g/mol. The highest BCUT2D eigenvalue weighted by molar-refractivity contribution is 5.94. The number of nitrogens with zero attached hydrogens (tertiary/aromatic N) is 1. The van der Waals surface area contributed by atoms with Crippen LogP contribution in [0.1, 0.15) is 12.0 Å². The van der Waals surface area contributed by atoms with Gasteiger partial charge < -0.3 is 19.7 Å². The van der Waals surface area contributed by atoms with Gasteiger partial charge in [-0.15, -0.1) is 0 Å². The third-order valence-electron chi connectivity index (χ3n) is 4.08. The lowest BCUT2D eigenvalue weighted by Crippen LogP contribution is -2.37. The zero-order valence-corrected chi connectivity index (χ0v) is 16.3. The number of hydrogen-bond acceptors (Lipinski definition) is 5. The Kier molecular flexibility index (Phi) is 8.14. The fourth-order valence-electron chi connectivity index (χ4n) is 2.51. The van der Waals surface area contributed by atoms with Crippen LogP contribution in [0, 0.1) is 5.82 Å². The van der Waals surface area contributed by atoms with Gasteiger partial charge in [-0.1, -0.05) is 18.2 Å². The van der Waals surface area contributed by atoms with E-state index in [2.05, 4.69) is 5.32 Å². The highest BCUT2D eigenvalue weighted by Gasteiger charge is 2.16. The maximum Gasteiger partial charge on any atom is 0.306 e. The number of nitrogens with one attached hydrogen (secondary N) is 1. The van der Waals surface area contributed by atoms with Crippen LogP contribution in [-0.4, -0.2) is 50.0 Å². The highest BCUT2D eigenvalue weighted by atomic mass is 19.1. The number of methoxy groups -OCH3 is 1. The van der Waals surface area contributed by atoms with Gasteiger partial charge in [0.25, 0.3) is 5.91 Å². The molecule has 0 heterocycles. The van der Waals surface area contributed by atoms with Crippen LogP contribution in [0.15, 0.2) is 48.5 Å². The molecule has 0 saturated heterocycles. The van der Waals surface area contributed by atoms with Gasteiger partial charge in [0.15, 0.2) is 6.61 Å². The number of halogens is 1. The summed E-state index contributed by atoms with van der Waals surface area (Å²) in [7, 11) is 2.98. The summed E-state index contributed by atoms with van der Waals surface area (Å²) in [6.45, 7) is -0.680. The van der Waals surface area contributed by atoms with E-state index in [0.29, 0.717) is 17.9 Å². The number of ether oxygens (including phenoxy) is 2. The minimum absolute atomic E-state index is 0.0996. The SMILES string of the molecule is COc1ccccc1CCC(=O)OCC(=O)N(C)CC(=O)Nc1ccc(F)cc1. The van der Waals surface area contributed by atoms with Gasteiger partial charge in [-0.2, -0.15) is 0 Å². The lowest BCUT2D eigenvalue weighted by Gasteiger charge is -2.17. The summed E-state index contributed by atoms with van der Waals surface area (Å²) in [4.78, 5) is 37.0. The normalized spacial score (nSPS) is 10.2. The maximum absolute atomic E-state index is 12.9. The van der Waals surface area contributed by atoms with Crippen LogP contribution < -0.4 is 10.1 Å². The van der Waals surface area contributed by atoms with E-state index < -0.39 is 30.2 Å². The van der Waals surface area contributed by atoms with Crippen molar-refractivity contribution in [3.63, 3.8) is 0 Å². The molecule has 0 unspecified atom stereocenters. The van der Waals surface area contributed by atoms with Crippen molar-refractivity contribution in [2.75, 3.05) is 32.6 Å². The third-order valence-corrected chi connectivity index (χ3v) is 4.08. The predicted octanol–water partition coefficient (Wildman–Crippen LogP) is 2.41. The molecule has 0 aliphatic heterocycles. The zero-order chi connectivity index (χ0) is 21.2. The molecule has 0 atom stereocenters. The van der Waals surface area contributed by atoms with Crippen molar-refractivity contribution in [3.8, 4) is 5.75 Å². The van der Waals surface area contributed by atoms with Crippen molar-refractivity contribution in [2.45, 2.75) is 12.8 Å². The first kappa shape index (κ1) is 21.9. The van der Waals surface area contributed by atoms with Crippen molar-refractivity contribution in [2.24, 2.45) is 0 Å². The summed E-state index contributed by atoms with van der Waals surface area (Å²) >= 11 is 0. The number of hydrogen-bond donors (Lipinski definition) is 1. The molecule has 8 heteroatoms. The van der Waals surface area contributed by atoms with Crippen LogP contribution in [0.4, 0.5) is 10.1 Å². The first-order chi connectivity index (χ1) is 13.9. The van der Waals surface area contributed by atoms with Crippen LogP contribution in [0.3, 0.4) is 0 Å². The minimum atomic E-state index is -0.520. The lowest BCUT2D eigenvalue weighted by atomic mass is 10.1. The summed E-state index contributed by atoms with van der Waals surface area (Å²) in [6.07, 6.45) is 0.523. The molecule has 154 valence electrons. The molecule has 0 bridgehead atoms. The second-order valence-electron chi connectivity index (χ2n) is 6.28. The summed E-state index contributed by atoms with van der Waals surface area (Å²) in [5.74, 6) is -1.21. The van der Waals surface area contributed by atoms with E-state index in [1.54, 1.807) is 13.2 Å². The van der Waals surface area contributed by atoms with Gasteiger partial charge in [-0.25, -0.2) is 4.39 Å². The van der Waals surface area contributed by atoms with E-state index in [1.807, 2.05) is 18.2 Å². The van der Waals surface area contributed by atoms with Crippen LogP contribution in [-0.2, 0) is 25.5 Å². The second-order valence-corrected chi connectivity index (χ2v) is 6.28. The fourth-order valence-corrected chi connectivity index (χ4v) is 2.51. The second kappa shape index (κ2) is 10.8. The van der Waals surface area contributed by atoms with E-state index in [4.69, 9.17) is 9.47 Å². The number of amides is 2. The molecular weight excluding hydrogens is 379 g/mol. The molecule has 0 aliphatic rings. The van der Waals surface area contributed by atoms with Crippen molar-refractivity contribution in [1.82, 2.24) is 4.90 Å². The number of carbonyl (C=O) groups excluding carboxylic acids is 3. The molecule has 0 fully saturated rings. The Bertz CT molecular complexity index is 854. The lowest BCUT2D eigenvalue weighted by molar-refractivity contribution is -0.151. The molecule has 0 aliphatic carbocycles. The van der Waals surface area contributed by atoms with Gasteiger partial charge in [0, 0.05) is 19.2 Å². The molecule has 7 nitrogen and oxygen atoms in total. The van der Waals surface area contributed by atoms with E-state index >= 15 is 0 Å². The molecule has 0 aromatic heterocycles. The number of esters is 1. The van der Waals surface area contributed by atoms with E-state index in [9.17, 15) is 18.8 Å². The Labute approximate surface area is 168 Å². The zero-order valence-electron chi connectivity index (χ0n) is 16.3. The van der Waals surface area contributed by atoms with Gasteiger partial charge in [0.2, 0.25) is 5.91 Å². The molecular formula is C21H23FN2O5. The summed E-state index contributed by atoms with van der Waals surface area (Å²) in [5.41, 5.74) is 1.29. The quantitative estimate of drug-likeness (QED) is 0.651. The van der Waals surface area contributed by atoms with E-state index in [-0.39, 0.29) is 13.0 Å². The number of carbonyl (C=O) groups is 3. The standard InChI is InChI=1S/C21H23FN2O5/c1-24(13-19(25)23-17-10-8-16(22)9-11-17)20(26)14-29-21(27)12-7-15-5-3-4-6-18(15)28-2/h3-6,8-11H,7,12-14H2,1-2H3,(H,23,25). The van der Waals surface area contributed by atoms with Crippen LogP contribution in [0.5, 0.6) is 5.75 Å². The summed E-state index contributed by atoms with van der Waals surface area (Å²) < 4.78 is 23.1. The first-order valence-electron chi connectivity index (χ1n) is 8.96. The van der Waals surface area contributed by atoms with Crippen molar-refractivity contribution >= 4 is 23.5 Å². The Balaban J connectivity index is 1.72. The van der Waals surface area contributed by atoms with Gasteiger partial charge in [-0.05, 0) is 42.3 Å². The summed E-state index contributed by atoms with van der Waals surface area (Å²) in [6, 6.07) is 12.6. The molecule has 2 rings (SSSR count). The molecule has 2 aromatic rings. The maximum atomic E-state index is 12.9. The number of anilines is 1. The number of para-hydroxylation sites is 1. The fraction of sp³-hybridized carbons (Fsp3) is 0.286. The predicted molar refractivity (Wildman–Crippen MR) is 105 cm³/mol. The number of benzene rings is 2. The average molecular weight is 402 g/mol. The van der Waals surface area contributed by atoms with Crippen molar-refractivity contribution in [3.05, 3.63) is 59.9 Å². The summed E-state index contributed by atoms with van der Waals surface area (Å²) in [5, 5.41) is 2.55. The Morgan fingerprint density at radius 3 is 2.45 bits per heavy atom. The number of rotatable bonds is 9. The number of likely N-dealkylation sites (N-methyl/N-ethyl adjacent to an activating group) is 1. The number of aryl methyl sites for hydroxylation is 1. The van der Waals surface area contributed by atoms with E-state index in [0.717, 1.165) is 10.5 Å². The molecule has 0 spiro atoms. The molecule has 2 amide bonds. The average Bonchev–Trinajstić information content (AvgIpc) is 2.72. The third kappa shape index (κ3) is 7.25. The van der Waals surface area contributed by atoms with Gasteiger partial charge >= 0.3 is 5.97 Å². The Morgan fingerprint density at radius 1 is 1.07 bits per heavy atom. The van der Waals surface area contributed by atoms with Crippen LogP contribution in [0.2, 0.25) is 0 Å². The molecule has 1 N–H and O–H groups in total. The van der Waals surface area contributed by atoms with E-state index in [1.165, 1.54) is 31.3 Å². The van der Waals surface area contributed by atoms with Crippen LogP contribution in [0.25, 0.3) is 0 Å². The molecule has 2 aromatic carbocycles. The first-order valence-corrected chi connectivity index (χ1v) is 8.96. The molecule has 29 heavy (non-hydrogen) atoms. The van der Waals surface area contributed by atoms with Gasteiger partial charge in [0.1, 0.15) is 11.6 Å². The Morgan fingerprint density at radius 2 is 1.76 bits per heavy atom. The minimum Gasteiger partial charge on any atom is -0.496 e. The van der Waals surface area contributed by atoms with Crippen molar-refractivity contribution < 1.29 is 28.2 Å². The van der Waals surface area contributed by atoms with Gasteiger partial charge in [0.05, 0.1) is 13.7 Å². The van der Waals surface area contributed by atoms with Crippen molar-refractivity contribution in [1.29, 1.82) is 0 Å². The highest BCUT2D eigenvalue weighted by Crippen LogP contribution is 2.18. The van der Waals surface area contributed by atoms with Gasteiger partial charge in [-0.3, -0.25) is 14.4 Å². The topological polar surface area (TPSA) is 84.9 Å².